The highest BCUT2D eigenvalue weighted by atomic mass is 35.5. The van der Waals surface area contributed by atoms with Crippen LogP contribution < -0.4 is 4.90 Å². The highest BCUT2D eigenvalue weighted by molar-refractivity contribution is 6.30. The van der Waals surface area contributed by atoms with Gasteiger partial charge in [-0.05, 0) is 53.6 Å². The lowest BCUT2D eigenvalue weighted by molar-refractivity contribution is -0.130. The number of hydrogen-bond donors (Lipinski definition) is 0. The molecule has 2 aliphatic carbocycles. The Bertz CT molecular complexity index is 1200. The van der Waals surface area contributed by atoms with E-state index in [1.165, 1.54) is 16.8 Å². The SMILES string of the molecule is CC(=O)N1N=C(c2ccc(N3C(=O)[C@@H]4[C@H](C3=O)[C@@H]3C=C[C@H]4C3)cc2)CC1c1ccc(Cl)cc1. The van der Waals surface area contributed by atoms with Crippen LogP contribution in [0, 0.1) is 23.7 Å². The largest absolute Gasteiger partial charge is 0.274 e. The van der Waals surface area contributed by atoms with Crippen LogP contribution in [0.5, 0.6) is 0 Å². The van der Waals surface area contributed by atoms with E-state index in [-0.39, 0.29) is 47.4 Å². The van der Waals surface area contributed by atoms with Crippen LogP contribution in [0.3, 0.4) is 0 Å². The number of carbonyl (C=O) groups excluding carboxylic acids is 3. The Labute approximate surface area is 196 Å². The lowest BCUT2D eigenvalue weighted by Gasteiger charge is -2.20. The molecule has 4 aliphatic rings. The number of benzene rings is 2. The van der Waals surface area contributed by atoms with E-state index in [1.807, 2.05) is 36.4 Å². The summed E-state index contributed by atoms with van der Waals surface area (Å²) in [6.45, 7) is 1.50. The van der Waals surface area contributed by atoms with Gasteiger partial charge in [-0.15, -0.1) is 0 Å². The van der Waals surface area contributed by atoms with Crippen LogP contribution in [0.2, 0.25) is 5.02 Å². The highest BCUT2D eigenvalue weighted by Gasteiger charge is 2.59. The van der Waals surface area contributed by atoms with Crippen LogP contribution in [0.1, 0.15) is 36.9 Å². The van der Waals surface area contributed by atoms with Gasteiger partial charge in [-0.25, -0.2) is 5.01 Å². The maximum atomic E-state index is 13.1. The van der Waals surface area contributed by atoms with Crippen molar-refractivity contribution in [1.29, 1.82) is 0 Å². The number of carbonyl (C=O) groups is 3. The first-order valence-electron chi connectivity index (χ1n) is 11.2. The molecule has 1 saturated carbocycles. The normalized spacial score (nSPS) is 29.8. The maximum absolute atomic E-state index is 13.1. The first-order chi connectivity index (χ1) is 15.9. The zero-order valence-corrected chi connectivity index (χ0v) is 18.8. The van der Waals surface area contributed by atoms with E-state index in [4.69, 9.17) is 11.6 Å². The van der Waals surface area contributed by atoms with E-state index in [1.54, 1.807) is 12.1 Å². The van der Waals surface area contributed by atoms with Gasteiger partial charge in [0.05, 0.1) is 29.3 Å². The summed E-state index contributed by atoms with van der Waals surface area (Å²) in [4.78, 5) is 39.7. The topological polar surface area (TPSA) is 70.1 Å². The second-order valence-corrected chi connectivity index (χ2v) is 9.68. The number of halogens is 1. The van der Waals surface area contributed by atoms with Crippen molar-refractivity contribution in [1.82, 2.24) is 5.01 Å². The van der Waals surface area contributed by atoms with Gasteiger partial charge in [0.15, 0.2) is 0 Å². The van der Waals surface area contributed by atoms with Crippen molar-refractivity contribution >= 4 is 40.7 Å². The van der Waals surface area contributed by atoms with Crippen LogP contribution in [-0.2, 0) is 14.4 Å². The summed E-state index contributed by atoms with van der Waals surface area (Å²) in [6, 6.07) is 14.6. The van der Waals surface area contributed by atoms with Gasteiger partial charge in [-0.2, -0.15) is 5.10 Å². The molecule has 0 spiro atoms. The summed E-state index contributed by atoms with van der Waals surface area (Å²) in [7, 11) is 0. The van der Waals surface area contributed by atoms with Gasteiger partial charge in [-0.1, -0.05) is 48.0 Å². The Balaban J connectivity index is 1.25. The van der Waals surface area contributed by atoms with Gasteiger partial charge < -0.3 is 0 Å². The van der Waals surface area contributed by atoms with E-state index in [0.717, 1.165) is 23.3 Å². The number of allylic oxidation sites excluding steroid dienone is 2. The standard InChI is InChI=1S/C26H22ClN3O3/c1-14(31)30-22(16-4-8-19(27)9-5-16)13-21(28-30)15-6-10-20(11-7-15)29-25(32)23-17-2-3-18(12-17)24(23)26(29)33/h2-11,17-18,22-24H,12-13H2,1H3/t17-,18+,22?,23-,24+. The summed E-state index contributed by atoms with van der Waals surface area (Å²) < 4.78 is 0. The second-order valence-electron chi connectivity index (χ2n) is 9.24. The predicted octanol–water partition coefficient (Wildman–Crippen LogP) is 4.35. The molecular formula is C26H22ClN3O3. The molecule has 2 aromatic carbocycles. The molecule has 2 heterocycles. The molecule has 2 fully saturated rings. The van der Waals surface area contributed by atoms with Crippen molar-refractivity contribution in [3.63, 3.8) is 0 Å². The first kappa shape index (κ1) is 20.4. The molecule has 1 saturated heterocycles. The third-order valence-corrected chi connectivity index (χ3v) is 7.67. The number of nitrogens with zero attached hydrogens (tertiary/aromatic N) is 3. The first-order valence-corrected chi connectivity index (χ1v) is 11.6. The lowest BCUT2D eigenvalue weighted by Crippen LogP contribution is -2.32. The average Bonchev–Trinajstić information content (AvgIpc) is 3.58. The molecule has 0 aromatic heterocycles. The molecule has 7 heteroatoms. The molecule has 0 N–H and O–H groups in total. The summed E-state index contributed by atoms with van der Waals surface area (Å²) in [5.41, 5.74) is 3.21. The van der Waals surface area contributed by atoms with Crippen LogP contribution in [0.15, 0.2) is 65.8 Å². The third-order valence-electron chi connectivity index (χ3n) is 7.42. The number of anilines is 1. The van der Waals surface area contributed by atoms with Crippen molar-refractivity contribution in [3.05, 3.63) is 76.8 Å². The molecule has 2 aliphatic heterocycles. The third kappa shape index (κ3) is 3.08. The molecule has 6 nitrogen and oxygen atoms in total. The Morgan fingerprint density at radius 3 is 2.12 bits per heavy atom. The van der Waals surface area contributed by atoms with Gasteiger partial charge in [0.1, 0.15) is 0 Å². The molecule has 3 amide bonds. The van der Waals surface area contributed by atoms with Crippen LogP contribution in [0.25, 0.3) is 0 Å². The maximum Gasteiger partial charge on any atom is 0.240 e. The number of rotatable bonds is 3. The van der Waals surface area contributed by atoms with Crippen molar-refractivity contribution in [2.45, 2.75) is 25.8 Å². The Morgan fingerprint density at radius 1 is 0.939 bits per heavy atom. The number of fused-ring (bicyclic) bond motifs is 5. The van der Waals surface area contributed by atoms with Gasteiger partial charge >= 0.3 is 0 Å². The van der Waals surface area contributed by atoms with Crippen molar-refractivity contribution < 1.29 is 14.4 Å². The summed E-state index contributed by atoms with van der Waals surface area (Å²) in [5, 5.41) is 6.73. The average molecular weight is 460 g/mol. The lowest BCUT2D eigenvalue weighted by atomic mass is 9.85. The molecule has 0 radical (unpaired) electrons. The van der Waals surface area contributed by atoms with Crippen LogP contribution in [-0.4, -0.2) is 28.4 Å². The fourth-order valence-corrected chi connectivity index (χ4v) is 6.01. The minimum atomic E-state index is -0.212. The Morgan fingerprint density at radius 2 is 1.55 bits per heavy atom. The van der Waals surface area contributed by atoms with Crippen LogP contribution in [0.4, 0.5) is 5.69 Å². The molecular weight excluding hydrogens is 438 g/mol. The molecule has 33 heavy (non-hydrogen) atoms. The smallest absolute Gasteiger partial charge is 0.240 e. The van der Waals surface area contributed by atoms with E-state index in [2.05, 4.69) is 17.3 Å². The Hall–Kier alpha value is -3.25. The van der Waals surface area contributed by atoms with E-state index < -0.39 is 0 Å². The van der Waals surface area contributed by atoms with Crippen molar-refractivity contribution in [3.8, 4) is 0 Å². The fraction of sp³-hybridized carbons (Fsp3) is 0.308. The predicted molar refractivity (Wildman–Crippen MR) is 125 cm³/mol. The minimum absolute atomic E-state index is 0.0848. The zero-order chi connectivity index (χ0) is 22.9. The molecule has 166 valence electrons. The molecule has 5 atom stereocenters. The fourth-order valence-electron chi connectivity index (χ4n) is 5.88. The molecule has 1 unspecified atom stereocenters. The van der Waals surface area contributed by atoms with Crippen molar-refractivity contribution in [2.24, 2.45) is 28.8 Å². The number of hydrazone groups is 1. The molecule has 2 aromatic rings. The van der Waals surface area contributed by atoms with E-state index >= 15 is 0 Å². The number of imide groups is 1. The zero-order valence-electron chi connectivity index (χ0n) is 18.0. The van der Waals surface area contributed by atoms with Gasteiger partial charge in [0.25, 0.3) is 0 Å². The van der Waals surface area contributed by atoms with Crippen molar-refractivity contribution in [2.75, 3.05) is 4.90 Å². The number of hydrogen-bond acceptors (Lipinski definition) is 4. The van der Waals surface area contributed by atoms with Crippen LogP contribution >= 0.6 is 11.6 Å². The molecule has 2 bridgehead atoms. The quantitative estimate of drug-likeness (QED) is 0.506. The van der Waals surface area contributed by atoms with E-state index in [0.29, 0.717) is 17.1 Å². The Kier molecular flexibility index (Phi) is 4.56. The summed E-state index contributed by atoms with van der Waals surface area (Å²) in [5.74, 6) is -0.348. The highest BCUT2D eigenvalue weighted by Crippen LogP contribution is 2.53. The minimum Gasteiger partial charge on any atom is -0.274 e. The summed E-state index contributed by atoms with van der Waals surface area (Å²) >= 11 is 6.02. The second kappa shape index (κ2) is 7.39. The number of amides is 3. The molecule has 6 rings (SSSR count). The van der Waals surface area contributed by atoms with Gasteiger partial charge in [0.2, 0.25) is 17.7 Å². The van der Waals surface area contributed by atoms with E-state index in [9.17, 15) is 14.4 Å². The summed E-state index contributed by atoms with van der Waals surface area (Å²) in [6.07, 6.45) is 5.68. The van der Waals surface area contributed by atoms with Gasteiger partial charge in [-0.3, -0.25) is 19.3 Å². The van der Waals surface area contributed by atoms with Gasteiger partial charge in [0, 0.05) is 18.4 Å². The monoisotopic (exact) mass is 459 g/mol.